The van der Waals surface area contributed by atoms with E-state index < -0.39 is 5.41 Å². The molecule has 2 aliphatic rings. The predicted octanol–water partition coefficient (Wildman–Crippen LogP) is 19.0. The molecule has 14 rings (SSSR count). The Morgan fingerprint density at radius 2 is 0.639 bits per heavy atom. The molecule has 0 fully saturated rings. The van der Waals surface area contributed by atoms with Gasteiger partial charge in [-0.3, -0.25) is 0 Å². The van der Waals surface area contributed by atoms with E-state index in [9.17, 15) is 0 Å². The molecule has 2 aliphatic carbocycles. The van der Waals surface area contributed by atoms with E-state index in [0.29, 0.717) is 0 Å². The van der Waals surface area contributed by atoms with E-state index >= 15 is 0 Å². The summed E-state index contributed by atoms with van der Waals surface area (Å²) in [5, 5.41) is 2.51. The highest BCUT2D eigenvalue weighted by molar-refractivity contribution is 6.06. The average Bonchev–Trinajstić information content (AvgIpc) is 3.94. The largest absolute Gasteiger partial charge is 0.309 e. The van der Waals surface area contributed by atoms with Crippen LogP contribution < -0.4 is 4.90 Å². The van der Waals surface area contributed by atoms with E-state index in [1.165, 1.54) is 111 Å². The van der Waals surface area contributed by atoms with Crippen LogP contribution in [0.25, 0.3) is 88.7 Å². The Labute approximate surface area is 421 Å². The quantitative estimate of drug-likeness (QED) is 0.147. The van der Waals surface area contributed by atoms with Crippen molar-refractivity contribution in [2.45, 2.75) is 5.41 Å². The zero-order valence-electron chi connectivity index (χ0n) is 39.6. The summed E-state index contributed by atoms with van der Waals surface area (Å²) in [6.45, 7) is 0. The minimum absolute atomic E-state index is 0.488. The van der Waals surface area contributed by atoms with Crippen LogP contribution in [0.2, 0.25) is 0 Å². The lowest BCUT2D eigenvalue weighted by molar-refractivity contribution is 0.794. The molecule has 0 unspecified atom stereocenters. The Morgan fingerprint density at radius 1 is 0.222 bits per heavy atom. The van der Waals surface area contributed by atoms with Crippen molar-refractivity contribution in [2.75, 3.05) is 4.90 Å². The van der Waals surface area contributed by atoms with E-state index in [1.807, 2.05) is 0 Å². The molecule has 0 radical (unpaired) electrons. The molecule has 0 saturated carbocycles. The lowest BCUT2D eigenvalue weighted by Gasteiger charge is -2.33. The van der Waals surface area contributed by atoms with Crippen LogP contribution >= 0.6 is 0 Å². The number of fused-ring (bicyclic) bond motifs is 11. The van der Waals surface area contributed by atoms with Gasteiger partial charge in [0.2, 0.25) is 0 Å². The fraction of sp³-hybridized carbons (Fsp3) is 0.0141. The summed E-state index contributed by atoms with van der Waals surface area (Å²) >= 11 is 0. The van der Waals surface area contributed by atoms with Gasteiger partial charge in [0.05, 0.1) is 16.8 Å². The molecule has 0 amide bonds. The average molecular weight is 914 g/mol. The fourth-order valence-electron chi connectivity index (χ4n) is 12.2. The monoisotopic (exact) mass is 913 g/mol. The smallest absolute Gasteiger partial charge is 0.0726 e. The van der Waals surface area contributed by atoms with E-state index in [2.05, 4.69) is 290 Å². The summed E-state index contributed by atoms with van der Waals surface area (Å²) in [7, 11) is 0. The Balaban J connectivity index is 1.01. The number of benzene rings is 12. The van der Waals surface area contributed by atoms with E-state index in [4.69, 9.17) is 0 Å². The Bertz CT molecular complexity index is 3970. The first-order valence-electron chi connectivity index (χ1n) is 25.0. The maximum atomic E-state index is 2.55. The number of rotatable bonds is 8. The topological polar surface area (TPSA) is 3.24 Å². The number of nitrogens with zero attached hydrogens (tertiary/aromatic N) is 1. The van der Waals surface area contributed by atoms with Crippen molar-refractivity contribution in [3.63, 3.8) is 0 Å². The molecule has 0 saturated heterocycles. The van der Waals surface area contributed by atoms with Gasteiger partial charge in [-0.2, -0.15) is 0 Å². The zero-order chi connectivity index (χ0) is 47.6. The van der Waals surface area contributed by atoms with Gasteiger partial charge in [0.25, 0.3) is 0 Å². The molecule has 72 heavy (non-hydrogen) atoms. The zero-order valence-corrected chi connectivity index (χ0v) is 39.6. The van der Waals surface area contributed by atoms with Gasteiger partial charge in [0.15, 0.2) is 0 Å². The standard InChI is InChI=1S/C71H47N/c1-3-20-52(21-4-1)57-25-9-10-28-61(57)69-58(53-22-5-2-6-23-53)30-17-35-67(69)72(56-45-43-50(44-46-56)49-37-39-51(40-38-49)55-42-41-48-19-7-8-24-54(48)47-55)68-36-18-34-66-70(68)62-29-13-16-33-65(62)71(66)63-31-14-11-26-59(63)60-27-12-15-32-64(60)71/h1-47H. The molecule has 1 nitrogen and oxygen atoms in total. The van der Waals surface area contributed by atoms with Crippen molar-refractivity contribution in [2.24, 2.45) is 0 Å². The molecule has 0 N–H and O–H groups in total. The van der Waals surface area contributed by atoms with Gasteiger partial charge >= 0.3 is 0 Å². The molecule has 1 spiro atoms. The summed E-state index contributed by atoms with van der Waals surface area (Å²) in [6.07, 6.45) is 0. The molecule has 0 bridgehead atoms. The molecule has 0 aromatic heterocycles. The summed E-state index contributed by atoms with van der Waals surface area (Å²) in [4.78, 5) is 2.55. The van der Waals surface area contributed by atoms with Gasteiger partial charge in [-0.05, 0) is 130 Å². The molecule has 336 valence electrons. The lowest BCUT2D eigenvalue weighted by atomic mass is 9.70. The first-order valence-corrected chi connectivity index (χ1v) is 25.0. The second kappa shape index (κ2) is 17.0. The summed E-state index contributed by atoms with van der Waals surface area (Å²) < 4.78 is 0. The van der Waals surface area contributed by atoms with Gasteiger partial charge in [-0.15, -0.1) is 0 Å². The van der Waals surface area contributed by atoms with Crippen molar-refractivity contribution in [3.8, 4) is 77.9 Å². The molecule has 12 aromatic rings. The molecule has 1 heteroatoms. The normalized spacial score (nSPS) is 12.6. The molecule has 0 heterocycles. The maximum Gasteiger partial charge on any atom is 0.0726 e. The Hall–Kier alpha value is -9.30. The Morgan fingerprint density at radius 3 is 1.28 bits per heavy atom. The van der Waals surface area contributed by atoms with Crippen molar-refractivity contribution in [1.29, 1.82) is 0 Å². The molecule has 0 aliphatic heterocycles. The summed E-state index contributed by atoms with van der Waals surface area (Å²) in [5.41, 5.74) is 25.1. The SMILES string of the molecule is c1ccc(-c2ccccc2-c2c(-c3ccccc3)cccc2N(c2ccc(-c3ccc(-c4ccc5ccccc5c4)cc3)cc2)c2cccc3c2-c2ccccc2C32c3ccccc3-c3ccccc32)cc1. The first-order chi connectivity index (χ1) is 35.7. The van der Waals surface area contributed by atoms with Crippen molar-refractivity contribution in [3.05, 3.63) is 307 Å². The van der Waals surface area contributed by atoms with Gasteiger partial charge in [0.1, 0.15) is 0 Å². The van der Waals surface area contributed by atoms with Crippen LogP contribution in [-0.4, -0.2) is 0 Å². The van der Waals surface area contributed by atoms with E-state index in [1.54, 1.807) is 0 Å². The van der Waals surface area contributed by atoms with Crippen LogP contribution in [0.5, 0.6) is 0 Å². The van der Waals surface area contributed by atoms with Crippen LogP contribution in [0, 0.1) is 0 Å². The number of hydrogen-bond acceptors (Lipinski definition) is 1. The minimum Gasteiger partial charge on any atom is -0.309 e. The van der Waals surface area contributed by atoms with Crippen molar-refractivity contribution < 1.29 is 0 Å². The van der Waals surface area contributed by atoms with Crippen LogP contribution in [0.15, 0.2) is 285 Å². The second-order valence-corrected chi connectivity index (χ2v) is 19.1. The van der Waals surface area contributed by atoms with Crippen LogP contribution in [0.3, 0.4) is 0 Å². The molecule has 12 aromatic carbocycles. The third kappa shape index (κ3) is 6.48. The van der Waals surface area contributed by atoms with Crippen molar-refractivity contribution >= 4 is 27.8 Å². The van der Waals surface area contributed by atoms with E-state index in [0.717, 1.165) is 17.1 Å². The summed E-state index contributed by atoms with van der Waals surface area (Å²) in [5.74, 6) is 0. The first kappa shape index (κ1) is 41.7. The summed E-state index contributed by atoms with van der Waals surface area (Å²) in [6, 6.07) is 105. The number of anilines is 3. The van der Waals surface area contributed by atoms with Gasteiger partial charge < -0.3 is 4.90 Å². The molecular formula is C71H47N. The highest BCUT2D eigenvalue weighted by Gasteiger charge is 2.52. The van der Waals surface area contributed by atoms with Crippen LogP contribution in [-0.2, 0) is 5.41 Å². The van der Waals surface area contributed by atoms with Crippen LogP contribution in [0.1, 0.15) is 22.3 Å². The second-order valence-electron chi connectivity index (χ2n) is 19.1. The van der Waals surface area contributed by atoms with Crippen molar-refractivity contribution in [1.82, 2.24) is 0 Å². The maximum absolute atomic E-state index is 2.55. The molecule has 0 atom stereocenters. The minimum atomic E-state index is -0.488. The van der Waals surface area contributed by atoms with E-state index in [-0.39, 0.29) is 0 Å². The fourth-order valence-corrected chi connectivity index (χ4v) is 12.2. The Kier molecular flexibility index (Phi) is 9.82. The van der Waals surface area contributed by atoms with Gasteiger partial charge in [-0.25, -0.2) is 0 Å². The lowest BCUT2D eigenvalue weighted by Crippen LogP contribution is -2.26. The third-order valence-electron chi connectivity index (χ3n) is 15.3. The van der Waals surface area contributed by atoms with Crippen LogP contribution in [0.4, 0.5) is 17.1 Å². The highest BCUT2D eigenvalue weighted by atomic mass is 15.1. The highest BCUT2D eigenvalue weighted by Crippen LogP contribution is 2.65. The van der Waals surface area contributed by atoms with Gasteiger partial charge in [0, 0.05) is 16.8 Å². The third-order valence-corrected chi connectivity index (χ3v) is 15.3. The number of hydrogen-bond donors (Lipinski definition) is 0. The van der Waals surface area contributed by atoms with Gasteiger partial charge in [-0.1, -0.05) is 255 Å². The predicted molar refractivity (Wildman–Crippen MR) is 302 cm³/mol. The molecular weight excluding hydrogens is 867 g/mol.